The molecule has 0 atom stereocenters. The number of nitrogens with one attached hydrogen (secondary N) is 3. The molecule has 6 heteroatoms. The van der Waals surface area contributed by atoms with E-state index in [0.29, 0.717) is 16.8 Å². The Morgan fingerprint density at radius 2 is 1.74 bits per heavy atom. The van der Waals surface area contributed by atoms with Crippen LogP contribution in [-0.2, 0) is 0 Å². The minimum absolute atomic E-state index is 0.347. The van der Waals surface area contributed by atoms with E-state index in [1.165, 1.54) is 24.3 Å². The summed E-state index contributed by atoms with van der Waals surface area (Å²) in [6.07, 6.45) is 1.61. The van der Waals surface area contributed by atoms with Crippen molar-refractivity contribution < 1.29 is 9.59 Å². The summed E-state index contributed by atoms with van der Waals surface area (Å²) in [5, 5.41) is 8.64. The molecule has 2 aromatic rings. The van der Waals surface area contributed by atoms with Crippen molar-refractivity contribution in [1.29, 1.82) is 5.26 Å². The van der Waals surface area contributed by atoms with Gasteiger partial charge in [-0.1, -0.05) is 0 Å². The van der Waals surface area contributed by atoms with E-state index in [1.807, 2.05) is 6.07 Å². The van der Waals surface area contributed by atoms with E-state index in [1.54, 1.807) is 18.3 Å². The van der Waals surface area contributed by atoms with Gasteiger partial charge in [0.25, 0.3) is 11.8 Å². The Hall–Kier alpha value is -3.07. The van der Waals surface area contributed by atoms with Crippen LogP contribution in [0.4, 0.5) is 0 Å². The highest BCUT2D eigenvalue weighted by atomic mass is 16.2. The predicted octanol–water partition coefficient (Wildman–Crippen LogP) is 0.961. The van der Waals surface area contributed by atoms with Crippen LogP contribution in [0, 0.1) is 11.3 Å². The van der Waals surface area contributed by atoms with Gasteiger partial charge in [0.2, 0.25) is 0 Å². The Bertz CT molecular complexity index is 624. The zero-order chi connectivity index (χ0) is 13.7. The van der Waals surface area contributed by atoms with E-state index in [9.17, 15) is 9.59 Å². The first-order valence-electron chi connectivity index (χ1n) is 5.45. The average Bonchev–Trinajstić information content (AvgIpc) is 2.98. The summed E-state index contributed by atoms with van der Waals surface area (Å²) in [6, 6.07) is 11.3. The third-order valence-corrected chi connectivity index (χ3v) is 2.41. The molecule has 2 amide bonds. The second-order valence-electron chi connectivity index (χ2n) is 3.68. The Balaban J connectivity index is 1.94. The summed E-state index contributed by atoms with van der Waals surface area (Å²) in [5.41, 5.74) is 5.72. The average molecular weight is 254 g/mol. The van der Waals surface area contributed by atoms with Gasteiger partial charge in [0, 0.05) is 11.8 Å². The number of hydrazine groups is 1. The third-order valence-electron chi connectivity index (χ3n) is 2.41. The number of nitrogens with zero attached hydrogens (tertiary/aromatic N) is 1. The molecule has 0 spiro atoms. The highest BCUT2D eigenvalue weighted by Gasteiger charge is 2.09. The van der Waals surface area contributed by atoms with Crippen LogP contribution in [0.5, 0.6) is 0 Å². The summed E-state index contributed by atoms with van der Waals surface area (Å²) < 4.78 is 0. The molecular formula is C13H10N4O2. The molecule has 6 nitrogen and oxygen atoms in total. The molecule has 0 aliphatic rings. The minimum atomic E-state index is -0.454. The van der Waals surface area contributed by atoms with Crippen molar-refractivity contribution in [1.82, 2.24) is 15.8 Å². The Morgan fingerprint density at radius 3 is 2.32 bits per heavy atom. The van der Waals surface area contributed by atoms with E-state index in [0.717, 1.165) is 0 Å². The van der Waals surface area contributed by atoms with Crippen molar-refractivity contribution in [2.45, 2.75) is 0 Å². The Kier molecular flexibility index (Phi) is 3.59. The summed E-state index contributed by atoms with van der Waals surface area (Å²) in [6.45, 7) is 0. The van der Waals surface area contributed by atoms with E-state index in [4.69, 9.17) is 5.26 Å². The fraction of sp³-hybridized carbons (Fsp3) is 0. The first-order chi connectivity index (χ1) is 9.20. The summed E-state index contributed by atoms with van der Waals surface area (Å²) >= 11 is 0. The molecule has 1 heterocycles. The van der Waals surface area contributed by atoms with E-state index in [2.05, 4.69) is 15.8 Å². The minimum Gasteiger partial charge on any atom is -0.357 e. The zero-order valence-electron chi connectivity index (χ0n) is 9.81. The molecule has 0 saturated carbocycles. The first kappa shape index (κ1) is 12.4. The van der Waals surface area contributed by atoms with Gasteiger partial charge < -0.3 is 4.98 Å². The summed E-state index contributed by atoms with van der Waals surface area (Å²) in [5.74, 6) is -0.892. The van der Waals surface area contributed by atoms with Gasteiger partial charge >= 0.3 is 0 Å². The number of benzene rings is 1. The van der Waals surface area contributed by atoms with Gasteiger partial charge in [0.1, 0.15) is 5.69 Å². The van der Waals surface area contributed by atoms with Crippen LogP contribution in [-0.4, -0.2) is 16.8 Å². The van der Waals surface area contributed by atoms with Gasteiger partial charge in [-0.2, -0.15) is 5.26 Å². The van der Waals surface area contributed by atoms with Crippen LogP contribution in [0.25, 0.3) is 0 Å². The highest BCUT2D eigenvalue weighted by Crippen LogP contribution is 2.02. The van der Waals surface area contributed by atoms with Crippen LogP contribution in [0.15, 0.2) is 42.6 Å². The topological polar surface area (TPSA) is 97.8 Å². The second kappa shape index (κ2) is 5.51. The van der Waals surface area contributed by atoms with Gasteiger partial charge in [-0.3, -0.25) is 20.4 Å². The molecule has 2 rings (SSSR count). The van der Waals surface area contributed by atoms with Gasteiger partial charge in [-0.05, 0) is 36.4 Å². The van der Waals surface area contributed by atoms with Crippen molar-refractivity contribution >= 4 is 11.8 Å². The first-order valence-corrected chi connectivity index (χ1v) is 5.45. The van der Waals surface area contributed by atoms with Crippen molar-refractivity contribution in [2.75, 3.05) is 0 Å². The lowest BCUT2D eigenvalue weighted by atomic mass is 10.1. The molecular weight excluding hydrogens is 244 g/mol. The molecule has 0 bridgehead atoms. The van der Waals surface area contributed by atoms with Gasteiger partial charge in [0.05, 0.1) is 11.6 Å². The quantitative estimate of drug-likeness (QED) is 0.696. The molecule has 0 aliphatic heterocycles. The number of nitriles is 1. The maximum atomic E-state index is 11.7. The number of carbonyl (C=O) groups excluding carboxylic acids is 2. The second-order valence-corrected chi connectivity index (χ2v) is 3.68. The van der Waals surface area contributed by atoms with Crippen molar-refractivity contribution in [3.05, 3.63) is 59.4 Å². The fourth-order valence-electron chi connectivity index (χ4n) is 1.42. The van der Waals surface area contributed by atoms with E-state index < -0.39 is 11.8 Å². The smallest absolute Gasteiger partial charge is 0.286 e. The molecule has 3 N–H and O–H groups in total. The molecule has 0 saturated heterocycles. The molecule has 0 unspecified atom stereocenters. The SMILES string of the molecule is N#Cc1ccc(C(=O)NNC(=O)c2ccc[nH]2)cc1. The number of rotatable bonds is 2. The number of H-pyrrole nitrogens is 1. The largest absolute Gasteiger partial charge is 0.357 e. The van der Waals surface area contributed by atoms with E-state index in [-0.39, 0.29) is 0 Å². The van der Waals surface area contributed by atoms with Crippen LogP contribution >= 0.6 is 0 Å². The lowest BCUT2D eigenvalue weighted by Crippen LogP contribution is -2.41. The lowest BCUT2D eigenvalue weighted by Gasteiger charge is -2.06. The summed E-state index contributed by atoms with van der Waals surface area (Å²) in [7, 11) is 0. The van der Waals surface area contributed by atoms with Crippen molar-refractivity contribution in [2.24, 2.45) is 0 Å². The number of hydrogen-bond acceptors (Lipinski definition) is 3. The van der Waals surface area contributed by atoms with Crippen LogP contribution < -0.4 is 10.9 Å². The predicted molar refractivity (Wildman–Crippen MR) is 66.9 cm³/mol. The van der Waals surface area contributed by atoms with Crippen molar-refractivity contribution in [3.8, 4) is 6.07 Å². The van der Waals surface area contributed by atoms with Crippen LogP contribution in [0.1, 0.15) is 26.4 Å². The number of hydrogen-bond donors (Lipinski definition) is 3. The molecule has 0 aliphatic carbocycles. The van der Waals surface area contributed by atoms with Crippen LogP contribution in [0.2, 0.25) is 0 Å². The molecule has 0 fully saturated rings. The monoisotopic (exact) mass is 254 g/mol. The number of aromatic amines is 1. The Morgan fingerprint density at radius 1 is 1.05 bits per heavy atom. The van der Waals surface area contributed by atoms with Crippen molar-refractivity contribution in [3.63, 3.8) is 0 Å². The molecule has 0 radical (unpaired) electrons. The highest BCUT2D eigenvalue weighted by molar-refractivity contribution is 5.98. The molecule has 1 aromatic carbocycles. The number of amides is 2. The lowest BCUT2D eigenvalue weighted by molar-refractivity contribution is 0.0844. The number of aromatic nitrogens is 1. The van der Waals surface area contributed by atoms with Crippen LogP contribution in [0.3, 0.4) is 0 Å². The normalized spacial score (nSPS) is 9.42. The maximum Gasteiger partial charge on any atom is 0.286 e. The van der Waals surface area contributed by atoms with Gasteiger partial charge in [-0.15, -0.1) is 0 Å². The number of carbonyl (C=O) groups is 2. The molecule has 94 valence electrons. The maximum absolute atomic E-state index is 11.7. The van der Waals surface area contributed by atoms with Gasteiger partial charge in [-0.25, -0.2) is 0 Å². The third kappa shape index (κ3) is 2.98. The molecule has 19 heavy (non-hydrogen) atoms. The zero-order valence-corrected chi connectivity index (χ0v) is 9.81. The Labute approximate surface area is 109 Å². The standard InChI is InChI=1S/C13H10N4O2/c14-8-9-3-5-10(6-4-9)12(18)16-17-13(19)11-2-1-7-15-11/h1-7,15H,(H,16,18)(H,17,19). The fourth-order valence-corrected chi connectivity index (χ4v) is 1.42. The molecule has 1 aromatic heterocycles. The van der Waals surface area contributed by atoms with Gasteiger partial charge in [0.15, 0.2) is 0 Å². The summed E-state index contributed by atoms with van der Waals surface area (Å²) in [4.78, 5) is 26.0. The van der Waals surface area contributed by atoms with E-state index >= 15 is 0 Å².